The van der Waals surface area contributed by atoms with Crippen molar-refractivity contribution in [2.24, 2.45) is 5.92 Å². The highest BCUT2D eigenvalue weighted by Crippen LogP contribution is 2.24. The molecule has 4 nitrogen and oxygen atoms in total. The number of benzene rings is 1. The predicted octanol–water partition coefficient (Wildman–Crippen LogP) is 1.25. The van der Waals surface area contributed by atoms with Gasteiger partial charge >= 0.3 is 0 Å². The van der Waals surface area contributed by atoms with E-state index in [2.05, 4.69) is 28.4 Å². The highest BCUT2D eigenvalue weighted by atomic mass is 32.2. The van der Waals surface area contributed by atoms with E-state index < -0.39 is 9.84 Å². The summed E-state index contributed by atoms with van der Waals surface area (Å²) in [5, 5.41) is 3.45. The molecule has 1 heterocycles. The first-order valence-electron chi connectivity index (χ1n) is 6.62. The number of rotatable bonds is 5. The fourth-order valence-corrected chi connectivity index (χ4v) is 3.13. The van der Waals surface area contributed by atoms with Crippen molar-refractivity contribution in [3.8, 4) is 0 Å². The number of hydrogen-bond acceptors (Lipinski definition) is 4. The van der Waals surface area contributed by atoms with Crippen LogP contribution in [0.3, 0.4) is 0 Å². The lowest BCUT2D eigenvalue weighted by molar-refractivity contribution is 0.291. The number of para-hydroxylation sites is 1. The van der Waals surface area contributed by atoms with E-state index in [1.807, 2.05) is 13.1 Å². The SMILES string of the molecule is CN(CCS(C)(=O)=O)CC1CNc2ccccc2C1. The molecule has 0 radical (unpaired) electrons. The van der Waals surface area contributed by atoms with Crippen molar-refractivity contribution in [2.45, 2.75) is 6.42 Å². The Morgan fingerprint density at radius 3 is 2.84 bits per heavy atom. The van der Waals surface area contributed by atoms with E-state index in [1.165, 1.54) is 17.5 Å². The summed E-state index contributed by atoms with van der Waals surface area (Å²) in [5.41, 5.74) is 2.59. The summed E-state index contributed by atoms with van der Waals surface area (Å²) in [5.74, 6) is 0.778. The zero-order valence-electron chi connectivity index (χ0n) is 11.6. The van der Waals surface area contributed by atoms with Gasteiger partial charge in [0.05, 0.1) is 5.75 Å². The molecule has 0 aromatic heterocycles. The van der Waals surface area contributed by atoms with Crippen LogP contribution in [-0.4, -0.2) is 52.0 Å². The zero-order valence-corrected chi connectivity index (χ0v) is 12.4. The van der Waals surface area contributed by atoms with Gasteiger partial charge in [-0.1, -0.05) is 18.2 Å². The monoisotopic (exact) mass is 282 g/mol. The van der Waals surface area contributed by atoms with Gasteiger partial charge in [0.15, 0.2) is 0 Å². The molecule has 1 atom stereocenters. The summed E-state index contributed by atoms with van der Waals surface area (Å²) in [6, 6.07) is 8.38. The molecule has 1 aromatic rings. The van der Waals surface area contributed by atoms with E-state index in [1.54, 1.807) is 0 Å². The molecular formula is C14H22N2O2S. The van der Waals surface area contributed by atoms with Crippen LogP contribution >= 0.6 is 0 Å². The minimum atomic E-state index is -2.87. The van der Waals surface area contributed by atoms with Crippen LogP contribution in [0.15, 0.2) is 24.3 Å². The predicted molar refractivity (Wildman–Crippen MR) is 79.3 cm³/mol. The maximum absolute atomic E-state index is 11.2. The molecule has 19 heavy (non-hydrogen) atoms. The lowest BCUT2D eigenvalue weighted by atomic mass is 9.93. The first kappa shape index (κ1) is 14.3. The topological polar surface area (TPSA) is 49.4 Å². The van der Waals surface area contributed by atoms with Crippen molar-refractivity contribution < 1.29 is 8.42 Å². The molecule has 0 fully saturated rings. The molecule has 1 aromatic carbocycles. The third-order valence-electron chi connectivity index (χ3n) is 3.52. The quantitative estimate of drug-likeness (QED) is 0.883. The van der Waals surface area contributed by atoms with Crippen molar-refractivity contribution >= 4 is 15.5 Å². The highest BCUT2D eigenvalue weighted by Gasteiger charge is 2.19. The molecule has 0 saturated carbocycles. The Morgan fingerprint density at radius 2 is 2.11 bits per heavy atom. The molecule has 0 saturated heterocycles. The average molecular weight is 282 g/mol. The minimum Gasteiger partial charge on any atom is -0.384 e. The molecule has 0 spiro atoms. The van der Waals surface area contributed by atoms with Gasteiger partial charge in [0.25, 0.3) is 0 Å². The Bertz CT molecular complexity index is 528. The highest BCUT2D eigenvalue weighted by molar-refractivity contribution is 7.90. The lowest BCUT2D eigenvalue weighted by Crippen LogP contribution is -2.35. The van der Waals surface area contributed by atoms with E-state index in [4.69, 9.17) is 0 Å². The molecule has 1 unspecified atom stereocenters. The van der Waals surface area contributed by atoms with Crippen LogP contribution in [0, 0.1) is 5.92 Å². The summed E-state index contributed by atoms with van der Waals surface area (Å²) in [6.07, 6.45) is 2.35. The third-order valence-corrected chi connectivity index (χ3v) is 4.44. The van der Waals surface area contributed by atoms with Gasteiger partial charge in [0.2, 0.25) is 0 Å². The summed E-state index contributed by atoms with van der Waals surface area (Å²) < 4.78 is 22.3. The normalized spacial score (nSPS) is 19.0. The largest absolute Gasteiger partial charge is 0.384 e. The van der Waals surface area contributed by atoms with Crippen molar-refractivity contribution in [1.29, 1.82) is 0 Å². The Hall–Kier alpha value is -1.07. The van der Waals surface area contributed by atoms with Crippen LogP contribution in [0.4, 0.5) is 5.69 Å². The number of anilines is 1. The van der Waals surface area contributed by atoms with Crippen LogP contribution in [-0.2, 0) is 16.3 Å². The third kappa shape index (κ3) is 4.51. The van der Waals surface area contributed by atoms with Gasteiger partial charge < -0.3 is 10.2 Å². The van der Waals surface area contributed by atoms with Crippen molar-refractivity contribution in [2.75, 3.05) is 44.0 Å². The first-order chi connectivity index (χ1) is 8.94. The van der Waals surface area contributed by atoms with E-state index in [9.17, 15) is 8.42 Å². The minimum absolute atomic E-state index is 0.236. The van der Waals surface area contributed by atoms with Crippen molar-refractivity contribution in [3.63, 3.8) is 0 Å². The maximum atomic E-state index is 11.2. The smallest absolute Gasteiger partial charge is 0.148 e. The maximum Gasteiger partial charge on any atom is 0.148 e. The van der Waals surface area contributed by atoms with Crippen LogP contribution in [0.1, 0.15) is 5.56 Å². The second-order valence-electron chi connectivity index (χ2n) is 5.50. The second kappa shape index (κ2) is 5.92. The van der Waals surface area contributed by atoms with Gasteiger partial charge in [-0.2, -0.15) is 0 Å². The number of nitrogens with one attached hydrogen (secondary N) is 1. The number of hydrogen-bond donors (Lipinski definition) is 1. The second-order valence-corrected chi connectivity index (χ2v) is 7.76. The number of sulfone groups is 1. The molecule has 106 valence electrons. The Morgan fingerprint density at radius 1 is 1.37 bits per heavy atom. The summed E-state index contributed by atoms with van der Waals surface area (Å²) >= 11 is 0. The van der Waals surface area contributed by atoms with E-state index in [-0.39, 0.29) is 5.75 Å². The van der Waals surface area contributed by atoms with Gasteiger partial charge in [-0.25, -0.2) is 8.42 Å². The molecule has 1 N–H and O–H groups in total. The van der Waals surface area contributed by atoms with Gasteiger partial charge in [0.1, 0.15) is 9.84 Å². The Labute approximate surface area is 115 Å². The van der Waals surface area contributed by atoms with Crippen molar-refractivity contribution in [3.05, 3.63) is 29.8 Å². The van der Waals surface area contributed by atoms with Crippen LogP contribution in [0.2, 0.25) is 0 Å². The van der Waals surface area contributed by atoms with E-state index in [0.717, 1.165) is 19.5 Å². The molecule has 1 aliphatic rings. The molecular weight excluding hydrogens is 260 g/mol. The molecule has 1 aliphatic heterocycles. The van der Waals surface area contributed by atoms with E-state index >= 15 is 0 Å². The summed E-state index contributed by atoms with van der Waals surface area (Å²) in [6.45, 7) is 2.49. The lowest BCUT2D eigenvalue weighted by Gasteiger charge is -2.29. The fourth-order valence-electron chi connectivity index (χ4n) is 2.49. The Kier molecular flexibility index (Phi) is 4.47. The first-order valence-corrected chi connectivity index (χ1v) is 8.68. The van der Waals surface area contributed by atoms with Gasteiger partial charge in [-0.05, 0) is 31.0 Å². The fraction of sp³-hybridized carbons (Fsp3) is 0.571. The molecule has 5 heteroatoms. The molecule has 0 aliphatic carbocycles. The van der Waals surface area contributed by atoms with Gasteiger partial charge in [0, 0.05) is 31.6 Å². The average Bonchev–Trinajstić information content (AvgIpc) is 2.35. The number of nitrogens with zero attached hydrogens (tertiary/aromatic N) is 1. The zero-order chi connectivity index (χ0) is 13.9. The van der Waals surface area contributed by atoms with Gasteiger partial charge in [-0.3, -0.25) is 0 Å². The van der Waals surface area contributed by atoms with Crippen LogP contribution in [0.5, 0.6) is 0 Å². The van der Waals surface area contributed by atoms with Crippen molar-refractivity contribution in [1.82, 2.24) is 4.90 Å². The molecule has 0 bridgehead atoms. The van der Waals surface area contributed by atoms with Crippen LogP contribution in [0.25, 0.3) is 0 Å². The van der Waals surface area contributed by atoms with Crippen LogP contribution < -0.4 is 5.32 Å². The summed E-state index contributed by atoms with van der Waals surface area (Å²) in [7, 11) is -0.874. The standard InChI is InChI=1S/C14H22N2O2S/c1-16(7-8-19(2,17)18)11-12-9-13-5-3-4-6-14(13)15-10-12/h3-6,12,15H,7-11H2,1-2H3. The van der Waals surface area contributed by atoms with E-state index in [0.29, 0.717) is 12.5 Å². The van der Waals surface area contributed by atoms with Gasteiger partial charge in [-0.15, -0.1) is 0 Å². The molecule has 0 amide bonds. The molecule has 2 rings (SSSR count). The summed E-state index contributed by atoms with van der Waals surface area (Å²) in [4.78, 5) is 2.11. The number of fused-ring (bicyclic) bond motifs is 1. The Balaban J connectivity index is 1.85.